The molecule has 0 saturated carbocycles. The molecule has 0 amide bonds. The van der Waals surface area contributed by atoms with Crippen molar-refractivity contribution in [2.75, 3.05) is 18.4 Å². The number of nitrogens with one attached hydrogen (secondary N) is 2. The first-order valence-corrected chi connectivity index (χ1v) is 9.01. The number of hydrogen-bond donors (Lipinski definition) is 2. The molecule has 0 aliphatic rings. The van der Waals surface area contributed by atoms with Crippen molar-refractivity contribution in [2.45, 2.75) is 12.6 Å². The van der Waals surface area contributed by atoms with E-state index < -0.39 is 28.8 Å². The minimum atomic E-state index is -4.61. The number of aromatic nitrogens is 4. The Morgan fingerprint density at radius 3 is 2.72 bits per heavy atom. The molecule has 2 N–H and O–H groups in total. The number of benzene rings is 1. The highest BCUT2D eigenvalue weighted by molar-refractivity contribution is 7.77. The number of nitrogens with zero attached hydrogens (tertiary/aromatic N) is 4. The Morgan fingerprint density at radius 2 is 2.00 bits per heavy atom. The van der Waals surface area contributed by atoms with Crippen molar-refractivity contribution in [1.82, 2.24) is 24.8 Å². The number of halogens is 3. The lowest BCUT2D eigenvalue weighted by Crippen LogP contribution is -2.20. The van der Waals surface area contributed by atoms with Gasteiger partial charge in [0.15, 0.2) is 5.69 Å². The van der Waals surface area contributed by atoms with Gasteiger partial charge in [-0.3, -0.25) is 8.73 Å². The second-order valence-corrected chi connectivity index (χ2v) is 6.28. The van der Waals surface area contributed by atoms with Crippen LogP contribution in [0.4, 0.5) is 19.0 Å². The summed E-state index contributed by atoms with van der Waals surface area (Å²) in [6.07, 6.45) is -4.24. The summed E-state index contributed by atoms with van der Waals surface area (Å²) in [6.45, 7) is 0.402. The van der Waals surface area contributed by atoms with E-state index in [0.29, 0.717) is 6.42 Å². The Labute approximate surface area is 162 Å². The monoisotopic (exact) mass is 433 g/mol. The van der Waals surface area contributed by atoms with Gasteiger partial charge in [0.05, 0.1) is 11.3 Å². The van der Waals surface area contributed by atoms with Gasteiger partial charge in [0.1, 0.15) is 0 Å². The Balaban J connectivity index is 1.87. The van der Waals surface area contributed by atoms with Crippen LogP contribution in [0.3, 0.4) is 0 Å². The third-order valence-corrected chi connectivity index (χ3v) is 4.04. The normalized spacial score (nSPS) is 12.8. The number of rotatable bonds is 8. The van der Waals surface area contributed by atoms with Crippen molar-refractivity contribution in [3.05, 3.63) is 40.4 Å². The molecule has 0 radical (unpaired) electrons. The average Bonchev–Trinajstić information content (AvgIpc) is 3.26. The molecule has 0 spiro atoms. The summed E-state index contributed by atoms with van der Waals surface area (Å²) in [7, 11) is 0. The Bertz CT molecular complexity index is 1060. The summed E-state index contributed by atoms with van der Waals surface area (Å²) in [5.74, 6) is -1.21. The molecule has 29 heavy (non-hydrogen) atoms. The highest BCUT2D eigenvalue weighted by atomic mass is 32.2. The van der Waals surface area contributed by atoms with E-state index in [9.17, 15) is 26.7 Å². The van der Waals surface area contributed by atoms with Gasteiger partial charge in [-0.2, -0.15) is 13.2 Å². The van der Waals surface area contributed by atoms with Gasteiger partial charge in [-0.1, -0.05) is 11.2 Å². The molecule has 0 saturated heterocycles. The standard InChI is InChI=1S/C14H13F3N6O5S/c15-14(16,17)8-3-1-4-9(7-8)23-12(22-27-13(23)24)10-11(21-28-20-10)18-5-2-6-19-29(25)26/h1,3-4,7,19H,2,5-6H2,(H,18,21)(H,25,26)/p-1. The molecule has 1 unspecified atom stereocenters. The maximum Gasteiger partial charge on any atom is 0.446 e. The van der Waals surface area contributed by atoms with Crippen LogP contribution >= 0.6 is 0 Å². The fraction of sp³-hybridized carbons (Fsp3) is 0.286. The first kappa shape index (κ1) is 20.7. The maximum atomic E-state index is 13.0. The van der Waals surface area contributed by atoms with E-state index in [-0.39, 0.29) is 36.1 Å². The largest absolute Gasteiger partial charge is 0.760 e. The first-order valence-electron chi connectivity index (χ1n) is 7.93. The summed E-state index contributed by atoms with van der Waals surface area (Å²) >= 11 is -2.38. The van der Waals surface area contributed by atoms with Crippen LogP contribution in [0.2, 0.25) is 0 Å². The molecule has 11 nitrogen and oxygen atoms in total. The molecule has 0 aliphatic heterocycles. The molecular weight excluding hydrogens is 421 g/mol. The van der Waals surface area contributed by atoms with Gasteiger partial charge in [0.2, 0.25) is 11.6 Å². The molecule has 1 aromatic carbocycles. The van der Waals surface area contributed by atoms with Crippen molar-refractivity contribution < 1.29 is 31.1 Å². The van der Waals surface area contributed by atoms with Gasteiger partial charge >= 0.3 is 11.9 Å². The minimum absolute atomic E-state index is 0.0438. The molecule has 3 aromatic rings. The highest BCUT2D eigenvalue weighted by Gasteiger charge is 2.31. The van der Waals surface area contributed by atoms with Gasteiger partial charge in [-0.15, -0.1) is 0 Å². The second-order valence-electron chi connectivity index (χ2n) is 5.53. The van der Waals surface area contributed by atoms with E-state index in [2.05, 4.69) is 34.7 Å². The topological polar surface area (TPSA) is 151 Å². The van der Waals surface area contributed by atoms with E-state index in [1.165, 1.54) is 6.07 Å². The molecule has 156 valence electrons. The van der Waals surface area contributed by atoms with Crippen LogP contribution in [0.25, 0.3) is 17.2 Å². The van der Waals surface area contributed by atoms with Crippen LogP contribution in [-0.2, 0) is 17.4 Å². The van der Waals surface area contributed by atoms with E-state index in [1.807, 2.05) is 0 Å². The molecule has 2 heterocycles. The van der Waals surface area contributed by atoms with E-state index in [0.717, 1.165) is 22.8 Å². The van der Waals surface area contributed by atoms with Crippen LogP contribution < -0.4 is 15.8 Å². The van der Waals surface area contributed by atoms with E-state index in [1.54, 1.807) is 0 Å². The predicted molar refractivity (Wildman–Crippen MR) is 90.4 cm³/mol. The Morgan fingerprint density at radius 1 is 1.21 bits per heavy atom. The molecule has 0 aliphatic carbocycles. The van der Waals surface area contributed by atoms with Gasteiger partial charge in [0, 0.05) is 24.4 Å². The molecule has 2 aromatic heterocycles. The lowest BCUT2D eigenvalue weighted by Gasteiger charge is -2.09. The van der Waals surface area contributed by atoms with Crippen molar-refractivity contribution in [3.8, 4) is 17.2 Å². The maximum absolute atomic E-state index is 13.0. The molecule has 0 fully saturated rings. The minimum Gasteiger partial charge on any atom is -0.760 e. The number of hydrogen-bond acceptors (Lipinski definition) is 9. The van der Waals surface area contributed by atoms with Crippen molar-refractivity contribution in [2.24, 2.45) is 0 Å². The van der Waals surface area contributed by atoms with E-state index in [4.69, 9.17) is 0 Å². The molecule has 0 bridgehead atoms. The van der Waals surface area contributed by atoms with Crippen LogP contribution in [0.5, 0.6) is 0 Å². The van der Waals surface area contributed by atoms with Gasteiger partial charge in [-0.05, 0) is 34.9 Å². The highest BCUT2D eigenvalue weighted by Crippen LogP contribution is 2.31. The van der Waals surface area contributed by atoms with Crippen molar-refractivity contribution in [3.63, 3.8) is 0 Å². The molecule has 1 atom stereocenters. The Kier molecular flexibility index (Phi) is 6.09. The summed E-state index contributed by atoms with van der Waals surface area (Å²) < 4.78 is 71.9. The fourth-order valence-electron chi connectivity index (χ4n) is 2.35. The summed E-state index contributed by atoms with van der Waals surface area (Å²) in [5.41, 5.74) is -1.18. The second kappa shape index (κ2) is 8.54. The van der Waals surface area contributed by atoms with Gasteiger partial charge in [0.25, 0.3) is 0 Å². The molecular formula is C14H12F3N6O5S-. The lowest BCUT2D eigenvalue weighted by atomic mass is 10.2. The summed E-state index contributed by atoms with van der Waals surface area (Å²) in [6, 6.07) is 4.02. The van der Waals surface area contributed by atoms with Gasteiger partial charge < -0.3 is 9.87 Å². The third kappa shape index (κ3) is 4.87. The van der Waals surface area contributed by atoms with E-state index >= 15 is 0 Å². The quantitative estimate of drug-likeness (QED) is 0.393. The van der Waals surface area contributed by atoms with Crippen LogP contribution in [0.1, 0.15) is 12.0 Å². The number of alkyl halides is 3. The van der Waals surface area contributed by atoms with Crippen molar-refractivity contribution >= 4 is 17.1 Å². The SMILES string of the molecule is O=c1onc(-c2nonc2NCCCNS(=O)[O-])n1-c1cccc(C(F)(F)F)c1. The molecule has 15 heteroatoms. The summed E-state index contributed by atoms with van der Waals surface area (Å²) in [5, 5.41) is 13.6. The lowest BCUT2D eigenvalue weighted by molar-refractivity contribution is -0.137. The van der Waals surface area contributed by atoms with Gasteiger partial charge in [-0.25, -0.2) is 18.7 Å². The van der Waals surface area contributed by atoms with Crippen LogP contribution in [-0.4, -0.2) is 41.9 Å². The third-order valence-electron chi connectivity index (χ3n) is 3.60. The molecule has 3 rings (SSSR count). The zero-order chi connectivity index (χ0) is 21.0. The number of anilines is 1. The summed E-state index contributed by atoms with van der Waals surface area (Å²) in [4.78, 5) is 12.1. The zero-order valence-electron chi connectivity index (χ0n) is 14.3. The fourth-order valence-corrected chi connectivity index (χ4v) is 2.66. The van der Waals surface area contributed by atoms with Crippen LogP contribution in [0, 0.1) is 0 Å². The van der Waals surface area contributed by atoms with Crippen molar-refractivity contribution in [1.29, 1.82) is 0 Å². The average molecular weight is 433 g/mol. The first-order chi connectivity index (χ1) is 13.8. The smallest absolute Gasteiger partial charge is 0.446 e. The predicted octanol–water partition coefficient (Wildman–Crippen LogP) is 1.08. The zero-order valence-corrected chi connectivity index (χ0v) is 15.1. The van der Waals surface area contributed by atoms with Crippen LogP contribution in [0.15, 0.2) is 38.2 Å². The Hall–Kier alpha value is -3.04.